The summed E-state index contributed by atoms with van der Waals surface area (Å²) in [5.41, 5.74) is 0.237. The zero-order chi connectivity index (χ0) is 14.0. The lowest BCUT2D eigenvalue weighted by atomic mass is 9.82. The molecule has 0 radical (unpaired) electrons. The highest BCUT2D eigenvalue weighted by molar-refractivity contribution is 7.99. The topological polar surface area (TPSA) is 60.9 Å². The molecule has 0 aromatic heterocycles. The molecule has 19 heavy (non-hydrogen) atoms. The summed E-state index contributed by atoms with van der Waals surface area (Å²) in [6.07, 6.45) is 3.18. The van der Waals surface area contributed by atoms with Gasteiger partial charge in [-0.05, 0) is 24.7 Å². The van der Waals surface area contributed by atoms with E-state index in [1.165, 1.54) is 16.7 Å². The summed E-state index contributed by atoms with van der Waals surface area (Å²) >= 11 is 1.51. The maximum absolute atomic E-state index is 12.5. The van der Waals surface area contributed by atoms with Crippen molar-refractivity contribution in [3.8, 4) is 0 Å². The Morgan fingerprint density at radius 1 is 1.37 bits per heavy atom. The van der Waals surface area contributed by atoms with Crippen LogP contribution in [0.3, 0.4) is 0 Å². The van der Waals surface area contributed by atoms with Crippen LogP contribution in [0.15, 0.2) is 0 Å². The minimum Gasteiger partial charge on any atom is -0.480 e. The van der Waals surface area contributed by atoms with Crippen LogP contribution < -0.4 is 0 Å². The van der Waals surface area contributed by atoms with Gasteiger partial charge >= 0.3 is 12.0 Å². The van der Waals surface area contributed by atoms with E-state index in [9.17, 15) is 9.59 Å². The predicted molar refractivity (Wildman–Crippen MR) is 75.2 cm³/mol. The van der Waals surface area contributed by atoms with Crippen molar-refractivity contribution >= 4 is 23.8 Å². The fraction of sp³-hybridized carbons (Fsp3) is 0.846. The lowest BCUT2D eigenvalue weighted by molar-refractivity contribution is -0.140. The van der Waals surface area contributed by atoms with Gasteiger partial charge in [-0.1, -0.05) is 13.8 Å². The van der Waals surface area contributed by atoms with Crippen molar-refractivity contribution in [3.63, 3.8) is 0 Å². The van der Waals surface area contributed by atoms with E-state index in [0.29, 0.717) is 11.6 Å². The Morgan fingerprint density at radius 2 is 2.05 bits per heavy atom. The molecule has 0 saturated carbocycles. The number of likely N-dealkylation sites (tertiary alicyclic amines) is 1. The lowest BCUT2D eigenvalue weighted by Crippen LogP contribution is -2.48. The maximum Gasteiger partial charge on any atom is 0.327 e. The van der Waals surface area contributed by atoms with Crippen LogP contribution in [0.5, 0.6) is 0 Å². The summed E-state index contributed by atoms with van der Waals surface area (Å²) in [5.74, 6) is 0.105. The highest BCUT2D eigenvalue weighted by Gasteiger charge is 2.42. The van der Waals surface area contributed by atoms with Crippen molar-refractivity contribution in [2.75, 3.05) is 24.7 Å². The Kier molecular flexibility index (Phi) is 4.28. The van der Waals surface area contributed by atoms with E-state index in [1.807, 2.05) is 4.90 Å². The minimum absolute atomic E-state index is 0.0961. The molecule has 2 saturated heterocycles. The van der Waals surface area contributed by atoms with Crippen LogP contribution in [0.2, 0.25) is 0 Å². The molecule has 2 aliphatic rings. The van der Waals surface area contributed by atoms with Gasteiger partial charge < -0.3 is 14.9 Å². The summed E-state index contributed by atoms with van der Waals surface area (Å²) in [4.78, 5) is 27.0. The summed E-state index contributed by atoms with van der Waals surface area (Å²) in [6.45, 7) is 5.87. The van der Waals surface area contributed by atoms with Crippen molar-refractivity contribution in [2.24, 2.45) is 5.41 Å². The van der Waals surface area contributed by atoms with Gasteiger partial charge in [-0.15, -0.1) is 11.8 Å². The average Bonchev–Trinajstić information content (AvgIpc) is 3.05. The van der Waals surface area contributed by atoms with E-state index in [0.717, 1.165) is 32.4 Å². The van der Waals surface area contributed by atoms with E-state index in [4.69, 9.17) is 5.11 Å². The molecule has 1 atom stereocenters. The SMILES string of the molecule is CCC1(CC)CCN(C(=O)N2CSCC2C(=O)O)C1. The number of hydrogen-bond acceptors (Lipinski definition) is 3. The van der Waals surface area contributed by atoms with Gasteiger partial charge in [0.15, 0.2) is 0 Å². The first kappa shape index (κ1) is 14.5. The first-order valence-electron chi connectivity index (χ1n) is 6.89. The number of carboxylic acids is 1. The summed E-state index contributed by atoms with van der Waals surface area (Å²) in [6, 6.07) is -0.753. The van der Waals surface area contributed by atoms with Gasteiger partial charge in [-0.2, -0.15) is 0 Å². The lowest BCUT2D eigenvalue weighted by Gasteiger charge is -2.29. The number of aliphatic carboxylic acids is 1. The van der Waals surface area contributed by atoms with Gasteiger partial charge in [0, 0.05) is 18.8 Å². The van der Waals surface area contributed by atoms with E-state index >= 15 is 0 Å². The summed E-state index contributed by atoms with van der Waals surface area (Å²) < 4.78 is 0. The Balaban J connectivity index is 2.03. The standard InChI is InChI=1S/C13H22N2O3S/c1-3-13(4-2)5-6-14(8-13)12(18)15-9-19-7-10(15)11(16)17/h10H,3-9H2,1-2H3,(H,16,17). The molecule has 2 aliphatic heterocycles. The molecule has 0 aromatic rings. The van der Waals surface area contributed by atoms with Crippen molar-refractivity contribution in [1.29, 1.82) is 0 Å². The predicted octanol–water partition coefficient (Wildman–Crippen LogP) is 2.08. The Labute approximate surface area is 118 Å². The van der Waals surface area contributed by atoms with Crippen LogP contribution >= 0.6 is 11.8 Å². The fourth-order valence-corrected chi connectivity index (χ4v) is 4.08. The average molecular weight is 286 g/mol. The molecule has 2 amide bonds. The number of carbonyl (C=O) groups excluding carboxylic acids is 1. The third-order valence-corrected chi connectivity index (χ3v) is 5.63. The fourth-order valence-electron chi connectivity index (χ4n) is 2.94. The number of thioether (sulfide) groups is 1. The normalized spacial score (nSPS) is 25.9. The quantitative estimate of drug-likeness (QED) is 0.863. The van der Waals surface area contributed by atoms with Crippen LogP contribution in [-0.4, -0.2) is 57.7 Å². The van der Waals surface area contributed by atoms with Crippen LogP contribution in [0.4, 0.5) is 4.79 Å². The minimum atomic E-state index is -0.894. The largest absolute Gasteiger partial charge is 0.480 e. The summed E-state index contributed by atoms with van der Waals surface area (Å²) in [7, 11) is 0. The summed E-state index contributed by atoms with van der Waals surface area (Å²) in [5, 5.41) is 9.14. The highest BCUT2D eigenvalue weighted by atomic mass is 32.2. The first-order valence-corrected chi connectivity index (χ1v) is 8.04. The number of rotatable bonds is 3. The zero-order valence-electron chi connectivity index (χ0n) is 11.6. The molecule has 6 heteroatoms. The maximum atomic E-state index is 12.5. The second kappa shape index (κ2) is 5.61. The molecule has 0 bridgehead atoms. The van der Waals surface area contributed by atoms with Crippen molar-refractivity contribution in [1.82, 2.24) is 9.80 Å². The van der Waals surface area contributed by atoms with Gasteiger partial charge in [0.1, 0.15) is 6.04 Å². The second-order valence-corrected chi connectivity index (χ2v) is 6.48. The van der Waals surface area contributed by atoms with E-state index < -0.39 is 12.0 Å². The molecule has 2 heterocycles. The van der Waals surface area contributed by atoms with Crippen LogP contribution in [0, 0.1) is 5.41 Å². The molecule has 0 aliphatic carbocycles. The van der Waals surface area contributed by atoms with Crippen molar-refractivity contribution in [3.05, 3.63) is 0 Å². The van der Waals surface area contributed by atoms with Gasteiger partial charge in [0.2, 0.25) is 0 Å². The number of amides is 2. The monoisotopic (exact) mass is 286 g/mol. The van der Waals surface area contributed by atoms with Crippen LogP contribution in [-0.2, 0) is 4.79 Å². The van der Waals surface area contributed by atoms with Gasteiger partial charge in [0.25, 0.3) is 0 Å². The van der Waals surface area contributed by atoms with Crippen molar-refractivity contribution in [2.45, 2.75) is 39.2 Å². The Bertz CT molecular complexity index is 371. The molecule has 0 aromatic carbocycles. The van der Waals surface area contributed by atoms with E-state index in [-0.39, 0.29) is 11.4 Å². The molecule has 5 nitrogen and oxygen atoms in total. The third-order valence-electron chi connectivity index (χ3n) is 4.62. The number of urea groups is 1. The molecular weight excluding hydrogens is 264 g/mol. The number of nitrogens with zero attached hydrogens (tertiary/aromatic N) is 2. The Hall–Kier alpha value is -0.910. The van der Waals surface area contributed by atoms with Crippen LogP contribution in [0.1, 0.15) is 33.1 Å². The number of hydrogen-bond donors (Lipinski definition) is 1. The Morgan fingerprint density at radius 3 is 2.58 bits per heavy atom. The molecule has 1 N–H and O–H groups in total. The van der Waals surface area contributed by atoms with Gasteiger partial charge in [-0.25, -0.2) is 9.59 Å². The molecule has 1 unspecified atom stereocenters. The van der Waals surface area contributed by atoms with E-state index in [1.54, 1.807) is 0 Å². The third kappa shape index (κ3) is 2.68. The molecule has 2 fully saturated rings. The molecule has 0 spiro atoms. The first-order chi connectivity index (χ1) is 9.03. The zero-order valence-corrected chi connectivity index (χ0v) is 12.4. The number of carbonyl (C=O) groups is 2. The highest BCUT2D eigenvalue weighted by Crippen LogP contribution is 2.38. The van der Waals surface area contributed by atoms with Gasteiger partial charge in [0.05, 0.1) is 5.88 Å². The van der Waals surface area contributed by atoms with Crippen LogP contribution in [0.25, 0.3) is 0 Å². The van der Waals surface area contributed by atoms with E-state index in [2.05, 4.69) is 13.8 Å². The smallest absolute Gasteiger partial charge is 0.327 e. The molecule has 2 rings (SSSR count). The number of carboxylic acid groups (broad SMARTS) is 1. The second-order valence-electron chi connectivity index (χ2n) is 5.48. The molecular formula is C13H22N2O3S. The molecule has 108 valence electrons. The van der Waals surface area contributed by atoms with Gasteiger partial charge in [-0.3, -0.25) is 0 Å². The van der Waals surface area contributed by atoms with Crippen molar-refractivity contribution < 1.29 is 14.7 Å².